The van der Waals surface area contributed by atoms with Crippen LogP contribution in [0.1, 0.15) is 103 Å². The van der Waals surface area contributed by atoms with Crippen LogP contribution in [-0.4, -0.2) is 94.9 Å². The zero-order valence-corrected chi connectivity index (χ0v) is 29.2. The van der Waals surface area contributed by atoms with Gasteiger partial charge in [-0.1, -0.05) is 12.8 Å². The van der Waals surface area contributed by atoms with Crippen molar-refractivity contribution >= 4 is 35.6 Å². The van der Waals surface area contributed by atoms with E-state index in [1.807, 2.05) is 0 Å². The Hall–Kier alpha value is -2.00. The summed E-state index contributed by atoms with van der Waals surface area (Å²) < 4.78 is 40.4. The fourth-order valence-corrected chi connectivity index (χ4v) is 9.16. The molecule has 2 amide bonds. The summed E-state index contributed by atoms with van der Waals surface area (Å²) in [5.74, 6) is -3.38. The van der Waals surface area contributed by atoms with Gasteiger partial charge in [-0.15, -0.1) is 11.6 Å². The van der Waals surface area contributed by atoms with Gasteiger partial charge in [-0.3, -0.25) is 14.4 Å². The maximum absolute atomic E-state index is 13.7. The number of nitrogens with zero attached hydrogens (tertiary/aromatic N) is 3. The van der Waals surface area contributed by atoms with Gasteiger partial charge in [0.25, 0.3) is 0 Å². The van der Waals surface area contributed by atoms with E-state index in [9.17, 15) is 27.6 Å². The number of piperidine rings is 1. The second kappa shape index (κ2) is 18.0. The molecule has 0 radical (unpaired) electrons. The molecule has 11 nitrogen and oxygen atoms in total. The first-order valence-corrected chi connectivity index (χ1v) is 19.0. The minimum absolute atomic E-state index is 0.0116. The van der Waals surface area contributed by atoms with E-state index in [4.69, 9.17) is 16.7 Å². The minimum Gasteiger partial charge on any atom is -0.481 e. The lowest BCUT2D eigenvalue weighted by Gasteiger charge is -2.42. The van der Waals surface area contributed by atoms with Crippen molar-refractivity contribution in [3.05, 3.63) is 0 Å². The maximum atomic E-state index is 13.7. The van der Waals surface area contributed by atoms with Crippen LogP contribution >= 0.6 is 11.6 Å². The van der Waals surface area contributed by atoms with Crippen molar-refractivity contribution in [3.8, 4) is 0 Å². The predicted molar refractivity (Wildman–Crippen MR) is 180 cm³/mol. The van der Waals surface area contributed by atoms with E-state index >= 15 is 0 Å². The standard InChI is InChI=1S/C34H55ClF3N7O4/c35-29-12-10-22(17-28(29)34(36,37)38)19-39-42-33(49)27-18-26(44-14-2-1-3-15-44)11-13-30(27)40-32(48)24-7-4-6-23(16-24)20-45-21-25(41-43-45)8-5-9-31(46)47/h19,22-30,41,43H,1-18,20-21H2,(H,40,48)(H,42,49)(H,46,47)/b39-19+. The molecule has 0 aromatic carbocycles. The molecular formula is C34H55ClF3N7O4. The highest BCUT2D eigenvalue weighted by Gasteiger charge is 2.47. The van der Waals surface area contributed by atoms with Crippen LogP contribution in [0.5, 0.6) is 0 Å². The van der Waals surface area contributed by atoms with E-state index in [-0.39, 0.29) is 55.1 Å². The van der Waals surface area contributed by atoms with Crippen molar-refractivity contribution in [3.63, 3.8) is 0 Å². The number of alkyl halides is 4. The number of amides is 2. The Morgan fingerprint density at radius 2 is 1.76 bits per heavy atom. The maximum Gasteiger partial charge on any atom is 0.393 e. The average molecular weight is 718 g/mol. The summed E-state index contributed by atoms with van der Waals surface area (Å²) in [5, 5.41) is 17.5. The number of likely N-dealkylation sites (tertiary alicyclic amines) is 1. The molecule has 3 saturated carbocycles. The molecule has 5 fully saturated rings. The zero-order valence-electron chi connectivity index (χ0n) is 28.4. The van der Waals surface area contributed by atoms with Gasteiger partial charge in [-0.2, -0.15) is 23.8 Å². The smallest absolute Gasteiger partial charge is 0.393 e. The fraction of sp³-hybridized carbons (Fsp3) is 0.882. The molecule has 0 aromatic rings. The zero-order chi connectivity index (χ0) is 35.0. The number of carbonyl (C=O) groups is 3. The molecule has 5 rings (SSSR count). The number of hydrazone groups is 1. The highest BCUT2D eigenvalue weighted by molar-refractivity contribution is 6.20. The van der Waals surface area contributed by atoms with Gasteiger partial charge < -0.3 is 15.3 Å². The molecule has 2 saturated heterocycles. The van der Waals surface area contributed by atoms with Crippen molar-refractivity contribution in [1.82, 2.24) is 31.6 Å². The van der Waals surface area contributed by atoms with E-state index in [2.05, 4.69) is 36.7 Å². The molecule has 0 bridgehead atoms. The molecular weight excluding hydrogens is 663 g/mol. The number of hydrogen-bond donors (Lipinski definition) is 5. The Labute approximate surface area is 292 Å². The third-order valence-corrected chi connectivity index (χ3v) is 12.0. The second-order valence-corrected chi connectivity index (χ2v) is 15.7. The van der Waals surface area contributed by atoms with E-state index in [1.54, 1.807) is 0 Å². The van der Waals surface area contributed by atoms with Crippen LogP contribution in [0.25, 0.3) is 0 Å². The average Bonchev–Trinajstić information content (AvgIpc) is 3.52. The van der Waals surface area contributed by atoms with Crippen LogP contribution in [0.2, 0.25) is 0 Å². The number of hydrazine groups is 2. The predicted octanol–water partition coefficient (Wildman–Crippen LogP) is 4.57. The van der Waals surface area contributed by atoms with Crippen LogP contribution in [0.3, 0.4) is 0 Å². The summed E-state index contributed by atoms with van der Waals surface area (Å²) in [5.41, 5.74) is 9.10. The topological polar surface area (TPSA) is 138 Å². The molecule has 2 heterocycles. The van der Waals surface area contributed by atoms with Gasteiger partial charge in [0.05, 0.1) is 11.8 Å². The molecule has 9 atom stereocenters. The highest BCUT2D eigenvalue weighted by atomic mass is 35.5. The summed E-state index contributed by atoms with van der Waals surface area (Å²) in [4.78, 5) is 40.7. The SMILES string of the molecule is O=C(O)CCCC1CN(CC2CCCC(C(=O)NC3CCC(N4CCCCC4)CC3C(=O)N/N=C/C3CCC(Cl)C(C(F)(F)F)C3)C2)NN1. The number of aliphatic carboxylic acids is 1. The first-order chi connectivity index (χ1) is 23.5. The van der Waals surface area contributed by atoms with Gasteiger partial charge >= 0.3 is 12.1 Å². The van der Waals surface area contributed by atoms with Crippen LogP contribution in [0.4, 0.5) is 13.2 Å². The Bertz CT molecular complexity index is 1140. The Morgan fingerprint density at radius 3 is 2.51 bits per heavy atom. The lowest BCUT2D eigenvalue weighted by molar-refractivity contribution is -0.182. The summed E-state index contributed by atoms with van der Waals surface area (Å²) in [7, 11) is 0. The van der Waals surface area contributed by atoms with Crippen molar-refractivity contribution in [2.24, 2.45) is 34.7 Å². The Balaban J connectivity index is 1.15. The number of carboxylic acids is 1. The third-order valence-electron chi connectivity index (χ3n) is 11.5. The molecule has 15 heteroatoms. The molecule has 2 aliphatic heterocycles. The molecule has 49 heavy (non-hydrogen) atoms. The summed E-state index contributed by atoms with van der Waals surface area (Å²) >= 11 is 5.99. The number of carboxylic acid groups (broad SMARTS) is 1. The molecule has 0 aromatic heterocycles. The highest BCUT2D eigenvalue weighted by Crippen LogP contribution is 2.42. The second-order valence-electron chi connectivity index (χ2n) is 15.2. The fourth-order valence-electron chi connectivity index (χ4n) is 8.79. The van der Waals surface area contributed by atoms with Gasteiger partial charge in [0.1, 0.15) is 0 Å². The normalized spacial score (nSPS) is 35.3. The van der Waals surface area contributed by atoms with Crippen molar-refractivity contribution in [2.45, 2.75) is 132 Å². The van der Waals surface area contributed by atoms with E-state index < -0.39 is 35.3 Å². The monoisotopic (exact) mass is 717 g/mol. The minimum atomic E-state index is -4.37. The number of hydrogen-bond acceptors (Lipinski definition) is 8. The van der Waals surface area contributed by atoms with Crippen molar-refractivity contribution in [1.29, 1.82) is 0 Å². The Kier molecular flexibility index (Phi) is 14.0. The third kappa shape index (κ3) is 11.2. The number of halogens is 4. The Morgan fingerprint density at radius 1 is 0.959 bits per heavy atom. The lowest BCUT2D eigenvalue weighted by atomic mass is 9.78. The first kappa shape index (κ1) is 38.2. The van der Waals surface area contributed by atoms with Gasteiger partial charge in [0.2, 0.25) is 11.8 Å². The van der Waals surface area contributed by atoms with Crippen molar-refractivity contribution < 1.29 is 32.7 Å². The number of nitrogens with one attached hydrogen (secondary N) is 4. The first-order valence-electron chi connectivity index (χ1n) is 18.5. The van der Waals surface area contributed by atoms with Crippen LogP contribution < -0.4 is 21.7 Å². The molecule has 0 spiro atoms. The molecule has 3 aliphatic carbocycles. The molecule has 5 N–H and O–H groups in total. The van der Waals surface area contributed by atoms with Crippen LogP contribution in [-0.2, 0) is 14.4 Å². The molecule has 278 valence electrons. The summed E-state index contributed by atoms with van der Waals surface area (Å²) in [6, 6.07) is 0.0988. The van der Waals surface area contributed by atoms with Crippen molar-refractivity contribution in [2.75, 3.05) is 26.2 Å². The quantitative estimate of drug-likeness (QED) is 0.113. The summed E-state index contributed by atoms with van der Waals surface area (Å²) in [6.45, 7) is 3.59. The number of rotatable bonds is 12. The largest absolute Gasteiger partial charge is 0.481 e. The van der Waals surface area contributed by atoms with Gasteiger partial charge in [0.15, 0.2) is 0 Å². The van der Waals surface area contributed by atoms with E-state index in [1.165, 1.54) is 12.6 Å². The van der Waals surface area contributed by atoms with Crippen LogP contribution in [0.15, 0.2) is 5.10 Å². The lowest BCUT2D eigenvalue weighted by Crippen LogP contribution is -2.54. The van der Waals surface area contributed by atoms with Gasteiger partial charge in [-0.05, 0) is 108 Å². The van der Waals surface area contributed by atoms with E-state index in [0.29, 0.717) is 31.6 Å². The number of carbonyl (C=O) groups excluding carboxylic acids is 2. The van der Waals surface area contributed by atoms with Crippen LogP contribution in [0, 0.1) is 29.6 Å². The van der Waals surface area contributed by atoms with Gasteiger partial charge in [-0.25, -0.2) is 15.9 Å². The molecule has 9 unspecified atom stereocenters. The summed E-state index contributed by atoms with van der Waals surface area (Å²) in [6.07, 6.45) is 8.44. The van der Waals surface area contributed by atoms with Gasteiger partial charge in [0, 0.05) is 55.1 Å². The van der Waals surface area contributed by atoms with E-state index in [0.717, 1.165) is 77.5 Å². The molecule has 5 aliphatic rings.